The molecule has 2 aromatic heterocycles. The molecule has 0 bridgehead atoms. The van der Waals surface area contributed by atoms with E-state index in [-0.39, 0.29) is 6.03 Å². The first-order valence-corrected chi connectivity index (χ1v) is 7.09. The Labute approximate surface area is 133 Å². The van der Waals surface area contributed by atoms with Gasteiger partial charge in [-0.05, 0) is 17.7 Å². The lowest BCUT2D eigenvalue weighted by Gasteiger charge is -2.08. The van der Waals surface area contributed by atoms with Gasteiger partial charge in [0, 0.05) is 18.6 Å². The molecule has 23 heavy (non-hydrogen) atoms. The first kappa shape index (κ1) is 14.6. The SMILES string of the molecule is O=C(NNc1ccncc1)Nc1cnn(Cc2ccccc2)c1. The largest absolute Gasteiger partial charge is 0.337 e. The number of hydrazine groups is 1. The quantitative estimate of drug-likeness (QED) is 0.632. The Morgan fingerprint density at radius 3 is 2.61 bits per heavy atom. The number of rotatable bonds is 5. The zero-order valence-electron chi connectivity index (χ0n) is 12.3. The van der Waals surface area contributed by atoms with Crippen molar-refractivity contribution in [3.05, 3.63) is 72.8 Å². The highest BCUT2D eigenvalue weighted by Crippen LogP contribution is 2.08. The second-order valence-corrected chi connectivity index (χ2v) is 4.85. The van der Waals surface area contributed by atoms with Crippen LogP contribution in [0.25, 0.3) is 0 Å². The van der Waals surface area contributed by atoms with Gasteiger partial charge in [-0.15, -0.1) is 0 Å². The molecule has 3 aromatic rings. The average Bonchev–Trinajstić information content (AvgIpc) is 3.02. The summed E-state index contributed by atoms with van der Waals surface area (Å²) in [5.74, 6) is 0. The van der Waals surface area contributed by atoms with Gasteiger partial charge in [0.2, 0.25) is 0 Å². The third kappa shape index (κ3) is 4.31. The Kier molecular flexibility index (Phi) is 4.49. The van der Waals surface area contributed by atoms with Gasteiger partial charge in [-0.1, -0.05) is 30.3 Å². The second kappa shape index (κ2) is 7.08. The third-order valence-electron chi connectivity index (χ3n) is 3.08. The minimum absolute atomic E-state index is 0.374. The first-order chi connectivity index (χ1) is 11.3. The fourth-order valence-corrected chi connectivity index (χ4v) is 2.01. The summed E-state index contributed by atoms with van der Waals surface area (Å²) in [4.78, 5) is 15.7. The molecule has 0 saturated heterocycles. The monoisotopic (exact) mass is 308 g/mol. The van der Waals surface area contributed by atoms with E-state index in [1.807, 2.05) is 30.3 Å². The Bertz CT molecular complexity index is 757. The number of amides is 2. The molecule has 0 fully saturated rings. The molecule has 7 nitrogen and oxygen atoms in total. The number of urea groups is 1. The number of aromatic nitrogens is 3. The topological polar surface area (TPSA) is 83.9 Å². The molecule has 7 heteroatoms. The van der Waals surface area contributed by atoms with Crippen molar-refractivity contribution in [2.75, 3.05) is 10.7 Å². The van der Waals surface area contributed by atoms with Gasteiger partial charge in [0.1, 0.15) is 0 Å². The first-order valence-electron chi connectivity index (χ1n) is 7.09. The lowest BCUT2D eigenvalue weighted by Crippen LogP contribution is -2.33. The van der Waals surface area contributed by atoms with Crippen molar-refractivity contribution < 1.29 is 4.79 Å². The highest BCUT2D eigenvalue weighted by molar-refractivity contribution is 5.89. The van der Waals surface area contributed by atoms with Crippen molar-refractivity contribution >= 4 is 17.4 Å². The molecule has 0 aliphatic rings. The molecule has 0 saturated carbocycles. The van der Waals surface area contributed by atoms with Gasteiger partial charge in [0.05, 0.1) is 24.1 Å². The van der Waals surface area contributed by atoms with Gasteiger partial charge in [-0.3, -0.25) is 20.5 Å². The van der Waals surface area contributed by atoms with Crippen LogP contribution in [0.3, 0.4) is 0 Å². The van der Waals surface area contributed by atoms with Crippen LogP contribution in [0.4, 0.5) is 16.2 Å². The van der Waals surface area contributed by atoms with E-state index in [0.717, 1.165) is 11.3 Å². The van der Waals surface area contributed by atoms with Crippen LogP contribution in [0.1, 0.15) is 5.56 Å². The van der Waals surface area contributed by atoms with Crippen LogP contribution >= 0.6 is 0 Å². The van der Waals surface area contributed by atoms with Crippen LogP contribution in [0.15, 0.2) is 67.3 Å². The number of benzene rings is 1. The summed E-state index contributed by atoms with van der Waals surface area (Å²) in [6.45, 7) is 0.652. The molecule has 3 N–H and O–H groups in total. The highest BCUT2D eigenvalue weighted by atomic mass is 16.2. The van der Waals surface area contributed by atoms with Crippen molar-refractivity contribution in [3.63, 3.8) is 0 Å². The molecule has 1 aromatic carbocycles. The zero-order valence-corrected chi connectivity index (χ0v) is 12.3. The Hall–Kier alpha value is -3.35. The van der Waals surface area contributed by atoms with E-state index in [9.17, 15) is 4.79 Å². The van der Waals surface area contributed by atoms with Crippen molar-refractivity contribution in [2.24, 2.45) is 0 Å². The minimum Gasteiger partial charge on any atom is -0.304 e. The molecule has 116 valence electrons. The van der Waals surface area contributed by atoms with Gasteiger partial charge >= 0.3 is 6.03 Å². The summed E-state index contributed by atoms with van der Waals surface area (Å²) in [7, 11) is 0. The molecular weight excluding hydrogens is 292 g/mol. The van der Waals surface area contributed by atoms with Crippen molar-refractivity contribution in [2.45, 2.75) is 6.54 Å². The van der Waals surface area contributed by atoms with E-state index in [0.29, 0.717) is 12.2 Å². The van der Waals surface area contributed by atoms with Crippen molar-refractivity contribution in [1.82, 2.24) is 20.2 Å². The van der Waals surface area contributed by atoms with Gasteiger partial charge in [0.15, 0.2) is 0 Å². The number of pyridine rings is 1. The number of anilines is 2. The van der Waals surface area contributed by atoms with E-state index in [1.54, 1.807) is 41.6 Å². The Morgan fingerprint density at radius 1 is 1.04 bits per heavy atom. The number of nitrogens with one attached hydrogen (secondary N) is 3. The molecule has 2 heterocycles. The summed E-state index contributed by atoms with van der Waals surface area (Å²) in [6.07, 6.45) is 6.65. The predicted octanol–water partition coefficient (Wildman–Crippen LogP) is 2.48. The van der Waals surface area contributed by atoms with Gasteiger partial charge in [-0.25, -0.2) is 4.79 Å². The number of nitrogens with zero attached hydrogens (tertiary/aromatic N) is 3. The molecule has 3 rings (SSSR count). The number of carbonyl (C=O) groups is 1. The minimum atomic E-state index is -0.374. The van der Waals surface area contributed by atoms with E-state index >= 15 is 0 Å². The van der Waals surface area contributed by atoms with Crippen LogP contribution in [0, 0.1) is 0 Å². The Balaban J connectivity index is 1.51. The predicted molar refractivity (Wildman–Crippen MR) is 87.8 cm³/mol. The summed E-state index contributed by atoms with van der Waals surface area (Å²) >= 11 is 0. The smallest absolute Gasteiger partial charge is 0.304 e. The fraction of sp³-hybridized carbons (Fsp3) is 0.0625. The van der Waals surface area contributed by atoms with Gasteiger partial charge in [-0.2, -0.15) is 5.10 Å². The molecule has 2 amide bonds. The molecule has 0 radical (unpaired) electrons. The molecular formula is C16H16N6O. The van der Waals surface area contributed by atoms with E-state index in [1.165, 1.54) is 0 Å². The number of hydrogen-bond donors (Lipinski definition) is 3. The van der Waals surface area contributed by atoms with E-state index in [2.05, 4.69) is 26.3 Å². The summed E-state index contributed by atoms with van der Waals surface area (Å²) < 4.78 is 1.77. The lowest BCUT2D eigenvalue weighted by molar-refractivity contribution is 0.254. The van der Waals surface area contributed by atoms with Crippen molar-refractivity contribution in [1.29, 1.82) is 0 Å². The third-order valence-corrected chi connectivity index (χ3v) is 3.08. The summed E-state index contributed by atoms with van der Waals surface area (Å²) in [6, 6.07) is 13.1. The summed E-state index contributed by atoms with van der Waals surface area (Å²) in [5, 5.41) is 6.94. The molecule has 0 aliphatic heterocycles. The van der Waals surface area contributed by atoms with Crippen molar-refractivity contribution in [3.8, 4) is 0 Å². The van der Waals surface area contributed by atoms with E-state index in [4.69, 9.17) is 0 Å². The van der Waals surface area contributed by atoms with Crippen LogP contribution in [0.5, 0.6) is 0 Å². The van der Waals surface area contributed by atoms with Crippen LogP contribution < -0.4 is 16.2 Å². The van der Waals surface area contributed by atoms with Crippen LogP contribution in [-0.2, 0) is 6.54 Å². The number of hydrogen-bond acceptors (Lipinski definition) is 4. The molecule has 0 unspecified atom stereocenters. The maximum atomic E-state index is 11.8. The van der Waals surface area contributed by atoms with Gasteiger partial charge < -0.3 is 5.32 Å². The lowest BCUT2D eigenvalue weighted by atomic mass is 10.2. The zero-order chi connectivity index (χ0) is 15.9. The molecule has 0 spiro atoms. The van der Waals surface area contributed by atoms with Crippen LogP contribution in [-0.4, -0.2) is 20.8 Å². The van der Waals surface area contributed by atoms with E-state index < -0.39 is 0 Å². The normalized spacial score (nSPS) is 10.1. The molecule has 0 aliphatic carbocycles. The van der Waals surface area contributed by atoms with Gasteiger partial charge in [0.25, 0.3) is 0 Å². The van der Waals surface area contributed by atoms with Crippen LogP contribution in [0.2, 0.25) is 0 Å². The second-order valence-electron chi connectivity index (χ2n) is 4.85. The average molecular weight is 308 g/mol. The summed E-state index contributed by atoms with van der Waals surface area (Å²) in [5.41, 5.74) is 7.83. The maximum Gasteiger partial charge on any atom is 0.337 e. The fourth-order valence-electron chi connectivity index (χ4n) is 2.01. The standard InChI is InChI=1S/C16H16N6O/c23-16(21-20-14-6-8-17-9-7-14)19-15-10-18-22(12-15)11-13-4-2-1-3-5-13/h1-10,12H,11H2,(H,17,20)(H2,19,21,23). The highest BCUT2D eigenvalue weighted by Gasteiger charge is 2.04. The number of carbonyl (C=O) groups excluding carboxylic acids is 1. The Morgan fingerprint density at radius 2 is 1.83 bits per heavy atom. The molecule has 0 atom stereocenters. The maximum absolute atomic E-state index is 11.8.